The Hall–Kier alpha value is -1.97. The first-order valence-electron chi connectivity index (χ1n) is 5.69. The van der Waals surface area contributed by atoms with Crippen molar-refractivity contribution in [3.05, 3.63) is 29.8 Å². The van der Waals surface area contributed by atoms with E-state index in [2.05, 4.69) is 5.32 Å². The molecule has 4 nitrogen and oxygen atoms in total. The zero-order valence-corrected chi connectivity index (χ0v) is 9.31. The second-order valence-corrected chi connectivity index (χ2v) is 4.23. The van der Waals surface area contributed by atoms with Crippen LogP contribution in [0.4, 0.5) is 0 Å². The number of carbonyl (C=O) groups excluding carboxylic acids is 1. The summed E-state index contributed by atoms with van der Waals surface area (Å²) in [7, 11) is 0. The highest BCUT2D eigenvalue weighted by molar-refractivity contribution is 5.92. The van der Waals surface area contributed by atoms with E-state index in [9.17, 15) is 4.79 Å². The maximum Gasteiger partial charge on any atom is 0.244 e. The molecule has 17 heavy (non-hydrogen) atoms. The number of hydrogen-bond donors (Lipinski definition) is 1. The van der Waals surface area contributed by atoms with Crippen molar-refractivity contribution in [3.63, 3.8) is 0 Å². The molecule has 3 rings (SSSR count). The van der Waals surface area contributed by atoms with Gasteiger partial charge in [-0.15, -0.1) is 0 Å². The highest BCUT2D eigenvalue weighted by atomic mass is 16.7. The third kappa shape index (κ3) is 2.41. The molecule has 1 aromatic carbocycles. The number of benzene rings is 1. The lowest BCUT2D eigenvalue weighted by molar-refractivity contribution is -0.116. The van der Waals surface area contributed by atoms with Crippen molar-refractivity contribution in [1.82, 2.24) is 5.32 Å². The minimum atomic E-state index is -0.0369. The Morgan fingerprint density at radius 3 is 2.94 bits per heavy atom. The van der Waals surface area contributed by atoms with E-state index in [0.717, 1.165) is 29.9 Å². The second-order valence-electron chi connectivity index (χ2n) is 4.23. The molecular formula is C13H13NO3. The standard InChI is InChI=1S/C13H13NO3/c15-13(14-10-3-4-10)6-2-9-1-5-11-12(7-9)17-8-16-11/h1-2,5-7,10H,3-4,8H2,(H,14,15)/b6-2+. The lowest BCUT2D eigenvalue weighted by atomic mass is 10.2. The molecule has 1 aromatic rings. The van der Waals surface area contributed by atoms with E-state index in [1.165, 1.54) is 0 Å². The van der Waals surface area contributed by atoms with Crippen LogP contribution in [-0.4, -0.2) is 18.7 Å². The van der Waals surface area contributed by atoms with Crippen LogP contribution in [0.2, 0.25) is 0 Å². The molecule has 0 aromatic heterocycles. The first-order valence-corrected chi connectivity index (χ1v) is 5.69. The van der Waals surface area contributed by atoms with Gasteiger partial charge in [0.05, 0.1) is 0 Å². The Morgan fingerprint density at radius 2 is 2.12 bits per heavy atom. The lowest BCUT2D eigenvalue weighted by Gasteiger charge is -1.98. The predicted molar refractivity (Wildman–Crippen MR) is 62.8 cm³/mol. The van der Waals surface area contributed by atoms with Crippen molar-refractivity contribution >= 4 is 12.0 Å². The topological polar surface area (TPSA) is 47.6 Å². The zero-order chi connectivity index (χ0) is 11.7. The van der Waals surface area contributed by atoms with Crippen molar-refractivity contribution in [3.8, 4) is 11.5 Å². The van der Waals surface area contributed by atoms with Crippen LogP contribution in [0.1, 0.15) is 18.4 Å². The Labute approximate surface area is 99.2 Å². The van der Waals surface area contributed by atoms with Crippen LogP contribution in [0.25, 0.3) is 6.08 Å². The Morgan fingerprint density at radius 1 is 1.29 bits per heavy atom. The minimum Gasteiger partial charge on any atom is -0.454 e. The molecule has 1 aliphatic heterocycles. The van der Waals surface area contributed by atoms with Crippen LogP contribution in [-0.2, 0) is 4.79 Å². The summed E-state index contributed by atoms with van der Waals surface area (Å²) in [6, 6.07) is 6.00. The van der Waals surface area contributed by atoms with E-state index >= 15 is 0 Å². The SMILES string of the molecule is O=C(/C=C/c1ccc2c(c1)OCO2)NC1CC1. The highest BCUT2D eigenvalue weighted by Gasteiger charge is 2.22. The molecule has 0 atom stereocenters. The van der Waals surface area contributed by atoms with Crippen LogP contribution in [0.3, 0.4) is 0 Å². The number of ether oxygens (including phenoxy) is 2. The van der Waals surface area contributed by atoms with Gasteiger partial charge >= 0.3 is 0 Å². The Balaban J connectivity index is 1.67. The van der Waals surface area contributed by atoms with Gasteiger partial charge in [-0.05, 0) is 36.6 Å². The summed E-state index contributed by atoms with van der Waals surface area (Å²) < 4.78 is 10.5. The van der Waals surface area contributed by atoms with Crippen molar-refractivity contribution < 1.29 is 14.3 Å². The molecule has 1 N–H and O–H groups in total. The summed E-state index contributed by atoms with van der Waals surface area (Å²) in [5.74, 6) is 1.45. The van der Waals surface area contributed by atoms with Crippen molar-refractivity contribution in [1.29, 1.82) is 0 Å². The summed E-state index contributed by atoms with van der Waals surface area (Å²) in [6.45, 7) is 0.269. The van der Waals surface area contributed by atoms with Gasteiger partial charge in [0.15, 0.2) is 11.5 Å². The summed E-state index contributed by atoms with van der Waals surface area (Å²) in [4.78, 5) is 11.4. The zero-order valence-electron chi connectivity index (χ0n) is 9.31. The summed E-state index contributed by atoms with van der Waals surface area (Å²) >= 11 is 0. The lowest BCUT2D eigenvalue weighted by Crippen LogP contribution is -2.22. The van der Waals surface area contributed by atoms with Crippen LogP contribution >= 0.6 is 0 Å². The number of amides is 1. The van der Waals surface area contributed by atoms with E-state index in [1.807, 2.05) is 18.2 Å². The maximum atomic E-state index is 11.4. The fourth-order valence-electron chi connectivity index (χ4n) is 1.67. The fraction of sp³-hybridized carbons (Fsp3) is 0.308. The van der Waals surface area contributed by atoms with Gasteiger partial charge in [0, 0.05) is 12.1 Å². The van der Waals surface area contributed by atoms with Gasteiger partial charge in [-0.3, -0.25) is 4.79 Å². The molecule has 1 aliphatic carbocycles. The normalized spacial score (nSPS) is 17.4. The predicted octanol–water partition coefficient (Wildman–Crippen LogP) is 1.71. The van der Waals surface area contributed by atoms with E-state index in [1.54, 1.807) is 12.2 Å². The van der Waals surface area contributed by atoms with Gasteiger partial charge in [-0.25, -0.2) is 0 Å². The van der Waals surface area contributed by atoms with Crippen LogP contribution in [0.15, 0.2) is 24.3 Å². The summed E-state index contributed by atoms with van der Waals surface area (Å²) in [5.41, 5.74) is 0.931. The molecular weight excluding hydrogens is 218 g/mol. The monoisotopic (exact) mass is 231 g/mol. The molecule has 1 amide bonds. The molecule has 0 radical (unpaired) electrons. The third-order valence-corrected chi connectivity index (χ3v) is 2.75. The molecule has 0 unspecified atom stereocenters. The van der Waals surface area contributed by atoms with E-state index in [0.29, 0.717) is 6.04 Å². The summed E-state index contributed by atoms with van der Waals surface area (Å²) in [6.07, 6.45) is 5.53. The van der Waals surface area contributed by atoms with E-state index in [4.69, 9.17) is 9.47 Å². The van der Waals surface area contributed by atoms with Gasteiger partial charge < -0.3 is 14.8 Å². The van der Waals surface area contributed by atoms with Gasteiger partial charge in [-0.1, -0.05) is 6.07 Å². The van der Waals surface area contributed by atoms with Crippen LogP contribution in [0.5, 0.6) is 11.5 Å². The van der Waals surface area contributed by atoms with Gasteiger partial charge in [0.25, 0.3) is 0 Å². The average Bonchev–Trinajstić information content (AvgIpc) is 3.01. The van der Waals surface area contributed by atoms with Crippen LogP contribution < -0.4 is 14.8 Å². The second kappa shape index (κ2) is 4.13. The molecule has 1 saturated carbocycles. The van der Waals surface area contributed by atoms with E-state index in [-0.39, 0.29) is 12.7 Å². The molecule has 88 valence electrons. The minimum absolute atomic E-state index is 0.0369. The quantitative estimate of drug-likeness (QED) is 0.805. The Bertz CT molecular complexity index is 478. The largest absolute Gasteiger partial charge is 0.454 e. The molecule has 1 heterocycles. The maximum absolute atomic E-state index is 11.4. The highest BCUT2D eigenvalue weighted by Crippen LogP contribution is 2.32. The third-order valence-electron chi connectivity index (χ3n) is 2.75. The first kappa shape index (κ1) is 10.2. The number of rotatable bonds is 3. The van der Waals surface area contributed by atoms with Gasteiger partial charge in [-0.2, -0.15) is 0 Å². The molecule has 0 saturated heterocycles. The average molecular weight is 231 g/mol. The van der Waals surface area contributed by atoms with E-state index < -0.39 is 0 Å². The smallest absolute Gasteiger partial charge is 0.244 e. The summed E-state index contributed by atoms with van der Waals surface area (Å²) in [5, 5.41) is 2.89. The van der Waals surface area contributed by atoms with Gasteiger partial charge in [0.1, 0.15) is 0 Å². The molecule has 0 bridgehead atoms. The molecule has 4 heteroatoms. The number of nitrogens with one attached hydrogen (secondary N) is 1. The molecule has 0 spiro atoms. The first-order chi connectivity index (χ1) is 8.31. The fourth-order valence-corrected chi connectivity index (χ4v) is 1.67. The Kier molecular flexibility index (Phi) is 2.48. The number of carbonyl (C=O) groups is 1. The van der Waals surface area contributed by atoms with Crippen molar-refractivity contribution in [2.75, 3.05) is 6.79 Å². The molecule has 1 fully saturated rings. The van der Waals surface area contributed by atoms with Crippen molar-refractivity contribution in [2.24, 2.45) is 0 Å². The van der Waals surface area contributed by atoms with Gasteiger partial charge in [0.2, 0.25) is 12.7 Å². The van der Waals surface area contributed by atoms with Crippen molar-refractivity contribution in [2.45, 2.75) is 18.9 Å². The van der Waals surface area contributed by atoms with Crippen LogP contribution in [0, 0.1) is 0 Å². The number of hydrogen-bond acceptors (Lipinski definition) is 3. The molecule has 2 aliphatic rings. The number of fused-ring (bicyclic) bond motifs is 1.